The van der Waals surface area contributed by atoms with E-state index in [9.17, 15) is 18.0 Å². The highest BCUT2D eigenvalue weighted by molar-refractivity contribution is 7.91. The van der Waals surface area contributed by atoms with Crippen LogP contribution in [0.3, 0.4) is 0 Å². The molecule has 0 aromatic carbocycles. The summed E-state index contributed by atoms with van der Waals surface area (Å²) in [5, 5.41) is 9.00. The van der Waals surface area contributed by atoms with E-state index in [2.05, 4.69) is 4.74 Å². The van der Waals surface area contributed by atoms with Gasteiger partial charge in [0.15, 0.2) is 5.41 Å². The summed E-state index contributed by atoms with van der Waals surface area (Å²) in [5.41, 5.74) is -1.81. The topological polar surface area (TPSA) is 97.7 Å². The molecule has 1 atom stereocenters. The fourth-order valence-corrected chi connectivity index (χ4v) is 2.10. The molecule has 7 heteroatoms. The van der Waals surface area contributed by atoms with Gasteiger partial charge in [-0.1, -0.05) is 6.92 Å². The van der Waals surface area contributed by atoms with Gasteiger partial charge in [-0.3, -0.25) is 9.59 Å². The molecule has 0 saturated heterocycles. The maximum Gasteiger partial charge on any atom is 0.323 e. The van der Waals surface area contributed by atoms with E-state index < -0.39 is 27.2 Å². The number of carbonyl (C=O) groups excluding carboxylic acids is 1. The molecule has 0 saturated carbocycles. The van der Waals surface area contributed by atoms with Crippen molar-refractivity contribution in [2.45, 2.75) is 27.2 Å². The van der Waals surface area contributed by atoms with E-state index >= 15 is 0 Å². The zero-order valence-corrected chi connectivity index (χ0v) is 11.0. The standard InChI is InChI=1S/C10H18O6S/c1-4-16-9(13)10(3,8(11)12)6-7-17(14,15)5-2/h4-7H2,1-3H3,(H,11,12). The first kappa shape index (κ1) is 15.9. The fraction of sp³-hybridized carbons (Fsp3) is 0.800. The lowest BCUT2D eigenvalue weighted by atomic mass is 9.88. The number of hydrogen-bond donors (Lipinski definition) is 1. The highest BCUT2D eigenvalue weighted by atomic mass is 32.2. The van der Waals surface area contributed by atoms with Gasteiger partial charge in [0.2, 0.25) is 0 Å². The predicted molar refractivity (Wildman–Crippen MR) is 61.3 cm³/mol. The third kappa shape index (κ3) is 4.33. The zero-order chi connectivity index (χ0) is 13.7. The Morgan fingerprint density at radius 2 is 1.82 bits per heavy atom. The SMILES string of the molecule is CCOC(=O)C(C)(CCS(=O)(=O)CC)C(=O)O. The minimum absolute atomic E-state index is 0.0578. The van der Waals surface area contributed by atoms with Gasteiger partial charge in [0, 0.05) is 5.75 Å². The van der Waals surface area contributed by atoms with Gasteiger partial charge in [-0.25, -0.2) is 8.42 Å². The summed E-state index contributed by atoms with van der Waals surface area (Å²) in [6.45, 7) is 4.27. The van der Waals surface area contributed by atoms with E-state index in [4.69, 9.17) is 5.11 Å². The van der Waals surface area contributed by atoms with Crippen molar-refractivity contribution in [3.8, 4) is 0 Å². The van der Waals surface area contributed by atoms with Gasteiger partial charge in [-0.15, -0.1) is 0 Å². The maximum absolute atomic E-state index is 11.5. The Labute approximate surface area is 101 Å². The average Bonchev–Trinajstić information content (AvgIpc) is 2.26. The van der Waals surface area contributed by atoms with Crippen molar-refractivity contribution in [2.75, 3.05) is 18.1 Å². The fourth-order valence-electron chi connectivity index (χ4n) is 1.09. The molecule has 0 spiro atoms. The highest BCUT2D eigenvalue weighted by Crippen LogP contribution is 2.24. The number of carboxylic acids is 1. The number of esters is 1. The minimum Gasteiger partial charge on any atom is -0.480 e. The summed E-state index contributed by atoms with van der Waals surface area (Å²) < 4.78 is 27.3. The van der Waals surface area contributed by atoms with Crippen molar-refractivity contribution >= 4 is 21.8 Å². The first-order valence-corrected chi connectivity index (χ1v) is 7.12. The molecule has 0 aliphatic rings. The van der Waals surface area contributed by atoms with Crippen LogP contribution in [0, 0.1) is 5.41 Å². The van der Waals surface area contributed by atoms with Crippen molar-refractivity contribution < 1.29 is 27.9 Å². The Morgan fingerprint density at radius 3 is 2.18 bits per heavy atom. The lowest BCUT2D eigenvalue weighted by molar-refractivity contribution is -0.167. The number of sulfone groups is 1. The molecular formula is C10H18O6S. The van der Waals surface area contributed by atoms with Crippen LogP contribution in [-0.4, -0.2) is 43.6 Å². The summed E-state index contributed by atoms with van der Waals surface area (Å²) >= 11 is 0. The van der Waals surface area contributed by atoms with Gasteiger partial charge in [0.05, 0.1) is 12.4 Å². The molecule has 0 aliphatic carbocycles. The van der Waals surface area contributed by atoms with Gasteiger partial charge in [-0.05, 0) is 20.3 Å². The van der Waals surface area contributed by atoms with Crippen molar-refractivity contribution in [1.82, 2.24) is 0 Å². The molecular weight excluding hydrogens is 248 g/mol. The van der Waals surface area contributed by atoms with Gasteiger partial charge < -0.3 is 9.84 Å². The molecule has 0 bridgehead atoms. The Kier molecular flexibility index (Phi) is 5.60. The van der Waals surface area contributed by atoms with Gasteiger partial charge in [0.25, 0.3) is 0 Å². The monoisotopic (exact) mass is 266 g/mol. The number of ether oxygens (including phenoxy) is 1. The van der Waals surface area contributed by atoms with Crippen LogP contribution in [0.2, 0.25) is 0 Å². The third-order valence-electron chi connectivity index (χ3n) is 2.55. The third-order valence-corrected chi connectivity index (χ3v) is 4.26. The molecule has 1 N–H and O–H groups in total. The number of carbonyl (C=O) groups is 2. The van der Waals surface area contributed by atoms with Crippen LogP contribution < -0.4 is 0 Å². The van der Waals surface area contributed by atoms with Crippen LogP contribution in [-0.2, 0) is 24.2 Å². The normalized spacial score (nSPS) is 15.0. The molecule has 0 aromatic heterocycles. The van der Waals surface area contributed by atoms with Crippen LogP contribution >= 0.6 is 0 Å². The molecule has 17 heavy (non-hydrogen) atoms. The molecule has 0 amide bonds. The summed E-state index contributed by atoms with van der Waals surface area (Å²) in [5.74, 6) is -2.70. The molecule has 100 valence electrons. The van der Waals surface area contributed by atoms with Crippen LogP contribution in [0.25, 0.3) is 0 Å². The quantitative estimate of drug-likeness (QED) is 0.531. The average molecular weight is 266 g/mol. The molecule has 0 heterocycles. The van der Waals surface area contributed by atoms with Crippen LogP contribution in [0.5, 0.6) is 0 Å². The van der Waals surface area contributed by atoms with Crippen LogP contribution in [0.15, 0.2) is 0 Å². The van der Waals surface area contributed by atoms with E-state index in [1.54, 1.807) is 6.92 Å². The molecule has 0 aromatic rings. The van der Waals surface area contributed by atoms with Gasteiger partial charge in [0.1, 0.15) is 9.84 Å². The lowest BCUT2D eigenvalue weighted by Crippen LogP contribution is -2.39. The van der Waals surface area contributed by atoms with Crippen LogP contribution in [0.4, 0.5) is 0 Å². The number of hydrogen-bond acceptors (Lipinski definition) is 5. The van der Waals surface area contributed by atoms with Crippen molar-refractivity contribution in [3.63, 3.8) is 0 Å². The Bertz CT molecular complexity index is 386. The maximum atomic E-state index is 11.5. The first-order valence-electron chi connectivity index (χ1n) is 5.30. The van der Waals surface area contributed by atoms with E-state index in [0.29, 0.717) is 0 Å². The first-order chi connectivity index (χ1) is 7.69. The molecule has 1 unspecified atom stereocenters. The highest BCUT2D eigenvalue weighted by Gasteiger charge is 2.43. The number of aliphatic carboxylic acids is 1. The molecule has 0 aliphatic heterocycles. The second-order valence-corrected chi connectivity index (χ2v) is 6.32. The number of rotatable bonds is 7. The van der Waals surface area contributed by atoms with E-state index in [1.807, 2.05) is 0 Å². The Hall–Kier alpha value is -1.11. The van der Waals surface area contributed by atoms with Crippen LogP contribution in [0.1, 0.15) is 27.2 Å². The summed E-state index contributed by atoms with van der Waals surface area (Å²) in [6, 6.07) is 0. The van der Waals surface area contributed by atoms with Crippen molar-refractivity contribution in [1.29, 1.82) is 0 Å². The predicted octanol–water partition coefficient (Wildman–Crippen LogP) is 0.465. The Balaban J connectivity index is 4.87. The van der Waals surface area contributed by atoms with E-state index in [0.717, 1.165) is 0 Å². The second kappa shape index (κ2) is 6.00. The smallest absolute Gasteiger partial charge is 0.323 e. The molecule has 0 rings (SSSR count). The lowest BCUT2D eigenvalue weighted by Gasteiger charge is -2.22. The van der Waals surface area contributed by atoms with Gasteiger partial charge >= 0.3 is 11.9 Å². The Morgan fingerprint density at radius 1 is 1.29 bits per heavy atom. The van der Waals surface area contributed by atoms with E-state index in [1.165, 1.54) is 13.8 Å². The van der Waals surface area contributed by atoms with Crippen molar-refractivity contribution in [3.05, 3.63) is 0 Å². The van der Waals surface area contributed by atoms with Gasteiger partial charge in [-0.2, -0.15) is 0 Å². The van der Waals surface area contributed by atoms with E-state index in [-0.39, 0.29) is 24.5 Å². The zero-order valence-electron chi connectivity index (χ0n) is 10.2. The second-order valence-electron chi connectivity index (χ2n) is 3.84. The molecule has 6 nitrogen and oxygen atoms in total. The number of carboxylic acid groups (broad SMARTS) is 1. The summed E-state index contributed by atoms with van der Waals surface area (Å²) in [6.07, 6.45) is -0.280. The molecule has 0 radical (unpaired) electrons. The minimum atomic E-state index is -3.31. The summed E-state index contributed by atoms with van der Waals surface area (Å²) in [4.78, 5) is 22.6. The largest absolute Gasteiger partial charge is 0.480 e. The summed E-state index contributed by atoms with van der Waals surface area (Å²) in [7, 11) is -3.31. The van der Waals surface area contributed by atoms with Crippen molar-refractivity contribution in [2.24, 2.45) is 5.41 Å². The molecule has 0 fully saturated rings.